The Morgan fingerprint density at radius 2 is 1.12 bits per heavy atom. The summed E-state index contributed by atoms with van der Waals surface area (Å²) in [5.74, 6) is -1.06. The summed E-state index contributed by atoms with van der Waals surface area (Å²) in [6, 6.07) is 38.6. The molecule has 1 fully saturated rings. The van der Waals surface area contributed by atoms with Crippen molar-refractivity contribution in [3.63, 3.8) is 0 Å². The van der Waals surface area contributed by atoms with Crippen molar-refractivity contribution in [3.8, 4) is 0 Å². The van der Waals surface area contributed by atoms with Gasteiger partial charge in [-0.05, 0) is 0 Å². The van der Waals surface area contributed by atoms with Crippen LogP contribution in [0.2, 0.25) is 0 Å². The first-order chi connectivity index (χ1) is 19.9. The average Bonchev–Trinajstić information content (AvgIpc) is 3.04. The third-order valence-electron chi connectivity index (χ3n) is 7.95. The number of esters is 1. The number of carbonyl (C=O) groups excluding carboxylic acids is 1. The first-order valence-corrected chi connectivity index (χ1v) is 17.5. The fraction of sp³-hybridized carbons (Fsp3) is 0.242. The van der Waals surface area contributed by atoms with E-state index in [2.05, 4.69) is 0 Å². The molecule has 0 heterocycles. The summed E-state index contributed by atoms with van der Waals surface area (Å²) in [6.45, 7) is -4.80. The maximum absolute atomic E-state index is 14.7. The molecule has 1 saturated carbocycles. The van der Waals surface area contributed by atoms with E-state index >= 15 is 0 Å². The summed E-state index contributed by atoms with van der Waals surface area (Å²) < 4.78 is 41.6. The summed E-state index contributed by atoms with van der Waals surface area (Å²) in [4.78, 5) is 12.7. The number of ether oxygens (including phenoxy) is 1. The van der Waals surface area contributed by atoms with Gasteiger partial charge in [-0.25, -0.2) is 0 Å². The van der Waals surface area contributed by atoms with E-state index in [-0.39, 0.29) is 19.6 Å². The minimum atomic E-state index is -4.42. The topological polar surface area (TPSA) is 89.9 Å². The van der Waals surface area contributed by atoms with Crippen molar-refractivity contribution in [2.75, 3.05) is 13.2 Å². The van der Waals surface area contributed by atoms with Gasteiger partial charge in [-0.15, -0.1) is 0 Å². The predicted molar refractivity (Wildman–Crippen MR) is 165 cm³/mol. The molecule has 4 aromatic carbocycles. The van der Waals surface area contributed by atoms with Crippen LogP contribution >= 0.6 is 6.83 Å². The molecule has 214 valence electrons. The molecule has 8 heteroatoms. The zero-order valence-corrected chi connectivity index (χ0v) is 24.5. The van der Waals surface area contributed by atoms with Crippen molar-refractivity contribution in [2.45, 2.75) is 30.9 Å². The van der Waals surface area contributed by atoms with Gasteiger partial charge in [0.15, 0.2) is 0 Å². The molecule has 0 radical (unpaired) electrons. The Hall–Kier alpha value is -3.35. The first kappa shape index (κ1) is 29.2. The second-order valence-corrected chi connectivity index (χ2v) is 16.7. The van der Waals surface area contributed by atoms with E-state index in [1.807, 2.05) is 121 Å². The number of aliphatic hydroxyl groups excluding tert-OH is 1. The summed E-state index contributed by atoms with van der Waals surface area (Å²) in [5, 5.41) is 11.3. The maximum atomic E-state index is 14.7. The van der Waals surface area contributed by atoms with E-state index < -0.39 is 34.1 Å². The number of carbonyl (C=O) groups is 1. The molecular weight excluding hydrogens is 555 g/mol. The second-order valence-electron chi connectivity index (χ2n) is 10.3. The molecule has 2 atom stereocenters. The van der Waals surface area contributed by atoms with E-state index in [9.17, 15) is 13.2 Å². The molecule has 5 rings (SSSR count). The van der Waals surface area contributed by atoms with E-state index in [0.29, 0.717) is 19.3 Å². The van der Waals surface area contributed by atoms with Gasteiger partial charge in [-0.2, -0.15) is 0 Å². The molecule has 0 amide bonds. The Bertz CT molecular complexity index is 1380. The van der Waals surface area contributed by atoms with Gasteiger partial charge >= 0.3 is 243 Å². The van der Waals surface area contributed by atoms with Gasteiger partial charge < -0.3 is 0 Å². The van der Waals surface area contributed by atoms with Crippen LogP contribution in [0.1, 0.15) is 25.7 Å². The first-order valence-electron chi connectivity index (χ1n) is 13.9. The fourth-order valence-corrected chi connectivity index (χ4v) is 15.3. The standard InChI is InChI=1S/C33H35O6PS/c34-24-25-38-33(35)27-14-13-23-32(26-27)41(36,37)39-40(28-15-5-1-6-16-28,29-17-7-2-8-18-29,30-19-9-3-10-20-30)31-21-11-4-12-22-31/h1-12,15-22,27,32,34H,13-14,23-26H2. The number of hydrogen-bond acceptors (Lipinski definition) is 6. The molecule has 6 nitrogen and oxygen atoms in total. The van der Waals surface area contributed by atoms with E-state index in [1.165, 1.54) is 0 Å². The zero-order valence-electron chi connectivity index (χ0n) is 22.8. The molecule has 41 heavy (non-hydrogen) atoms. The van der Waals surface area contributed by atoms with Crippen molar-refractivity contribution < 1.29 is 27.0 Å². The van der Waals surface area contributed by atoms with Crippen molar-refractivity contribution in [3.05, 3.63) is 121 Å². The molecule has 0 aromatic heterocycles. The van der Waals surface area contributed by atoms with Crippen LogP contribution in [0.3, 0.4) is 0 Å². The Morgan fingerprint density at radius 3 is 1.51 bits per heavy atom. The summed E-state index contributed by atoms with van der Waals surface area (Å²) in [7, 11) is -4.28. The van der Waals surface area contributed by atoms with Crippen LogP contribution in [-0.2, 0) is 23.6 Å². The Kier molecular flexibility index (Phi) is 8.71. The van der Waals surface area contributed by atoms with Crippen LogP contribution < -0.4 is 21.2 Å². The van der Waals surface area contributed by atoms with Gasteiger partial charge in [-0.1, -0.05) is 0 Å². The summed E-state index contributed by atoms with van der Waals surface area (Å²) in [5.41, 5.74) is 0. The van der Waals surface area contributed by atoms with Crippen LogP contribution in [0.4, 0.5) is 0 Å². The molecule has 0 spiro atoms. The molecule has 1 aliphatic carbocycles. The number of aliphatic hydroxyl groups is 1. The predicted octanol–water partition coefficient (Wildman–Crippen LogP) is 4.20. The van der Waals surface area contributed by atoms with Crippen molar-refractivity contribution in [1.82, 2.24) is 0 Å². The van der Waals surface area contributed by atoms with E-state index in [1.54, 1.807) is 0 Å². The molecule has 1 N–H and O–H groups in total. The molecule has 0 aliphatic heterocycles. The van der Waals surface area contributed by atoms with Gasteiger partial charge in [0.05, 0.1) is 0 Å². The van der Waals surface area contributed by atoms with E-state index in [4.69, 9.17) is 13.8 Å². The van der Waals surface area contributed by atoms with Crippen LogP contribution in [0.5, 0.6) is 0 Å². The van der Waals surface area contributed by atoms with Gasteiger partial charge in [0.2, 0.25) is 0 Å². The van der Waals surface area contributed by atoms with Gasteiger partial charge in [0.1, 0.15) is 0 Å². The molecule has 0 bridgehead atoms. The van der Waals surface area contributed by atoms with Crippen molar-refractivity contribution in [2.24, 2.45) is 5.92 Å². The zero-order chi connectivity index (χ0) is 28.8. The van der Waals surface area contributed by atoms with Crippen LogP contribution in [-0.4, -0.2) is 38.0 Å². The van der Waals surface area contributed by atoms with Crippen LogP contribution in [0.15, 0.2) is 121 Å². The van der Waals surface area contributed by atoms with Crippen molar-refractivity contribution >= 4 is 44.1 Å². The fourth-order valence-electron chi connectivity index (χ4n) is 6.07. The molecule has 4 aromatic rings. The quantitative estimate of drug-likeness (QED) is 0.220. The Morgan fingerprint density at radius 1 is 0.707 bits per heavy atom. The number of hydrogen-bond donors (Lipinski definition) is 1. The van der Waals surface area contributed by atoms with Crippen LogP contribution in [0.25, 0.3) is 0 Å². The Labute approximate surface area is 242 Å². The Balaban J connectivity index is 1.78. The molecular formula is C33H35O6PS. The molecule has 2 unspecified atom stereocenters. The van der Waals surface area contributed by atoms with Gasteiger partial charge in [-0.3, -0.25) is 0 Å². The second kappa shape index (κ2) is 12.3. The van der Waals surface area contributed by atoms with E-state index in [0.717, 1.165) is 21.2 Å². The summed E-state index contributed by atoms with van der Waals surface area (Å²) >= 11 is 0. The monoisotopic (exact) mass is 590 g/mol. The average molecular weight is 591 g/mol. The molecule has 1 aliphatic rings. The number of rotatable bonds is 10. The number of benzene rings is 4. The third-order valence-corrected chi connectivity index (χ3v) is 16.4. The molecule has 0 saturated heterocycles. The minimum absolute atomic E-state index is 0.103. The SMILES string of the molecule is O=C(OCCO)C1CCCC(S(=O)(=O)OP(c2ccccc2)(c2ccccc2)(c2ccccc2)c2ccccc2)C1. The van der Waals surface area contributed by atoms with Crippen molar-refractivity contribution in [1.29, 1.82) is 0 Å². The van der Waals surface area contributed by atoms with Crippen LogP contribution in [0, 0.1) is 5.92 Å². The van der Waals surface area contributed by atoms with Gasteiger partial charge in [0, 0.05) is 0 Å². The third kappa shape index (κ3) is 5.24. The normalized spacial score (nSPS) is 18.6. The summed E-state index contributed by atoms with van der Waals surface area (Å²) in [6.07, 6.45) is 1.57. The van der Waals surface area contributed by atoms with Gasteiger partial charge in [0.25, 0.3) is 0 Å².